The molecule has 0 fully saturated rings. The van der Waals surface area contributed by atoms with E-state index in [0.29, 0.717) is 5.02 Å². The van der Waals surface area contributed by atoms with Gasteiger partial charge < -0.3 is 15.1 Å². The molecule has 0 amide bonds. The number of fused-ring (bicyclic) bond motifs is 2. The van der Waals surface area contributed by atoms with Gasteiger partial charge in [0.1, 0.15) is 0 Å². The third kappa shape index (κ3) is 6.22. The first-order valence-corrected chi connectivity index (χ1v) is 13.0. The number of aliphatic hydroxyl groups is 1. The molecule has 1 aliphatic heterocycles. The van der Waals surface area contributed by atoms with Crippen molar-refractivity contribution in [3.63, 3.8) is 0 Å². The van der Waals surface area contributed by atoms with Crippen LogP contribution in [0.4, 0.5) is 5.13 Å². The standard InChI is InChI=1S/C24H20ClN3O2S.C4H10O/c1-14-11-19-23(22(18(14)12-21(29)30)16-4-6-17(25)7-5-16)31-24(27-19)28-10-8-15-3-2-9-26-20(15)13-28;1-4(2,3)5/h2-7,9,11H,8,10,12-13H2,1H3,(H,29,30);5H,1-3H3. The van der Waals surface area contributed by atoms with E-state index in [-0.39, 0.29) is 6.42 Å². The second-order valence-electron chi connectivity index (χ2n) is 9.92. The molecule has 0 radical (unpaired) electrons. The van der Waals surface area contributed by atoms with Crippen molar-refractivity contribution < 1.29 is 15.0 Å². The molecule has 0 atom stereocenters. The smallest absolute Gasteiger partial charge is 0.307 e. The molecule has 1 aliphatic rings. The monoisotopic (exact) mass is 523 g/mol. The minimum Gasteiger partial charge on any atom is -0.481 e. The molecule has 3 heterocycles. The molecule has 0 unspecified atom stereocenters. The molecule has 0 spiro atoms. The Balaban J connectivity index is 0.000000556. The third-order valence-electron chi connectivity index (χ3n) is 5.71. The fourth-order valence-electron chi connectivity index (χ4n) is 4.18. The lowest BCUT2D eigenvalue weighted by atomic mass is 9.93. The number of hydrogen-bond donors (Lipinski definition) is 2. The highest BCUT2D eigenvalue weighted by Gasteiger charge is 2.23. The van der Waals surface area contributed by atoms with E-state index in [1.807, 2.05) is 49.5 Å². The SMILES string of the molecule is CC(C)(C)O.Cc1cc2nc(N3CCc4cccnc4C3)sc2c(-c2ccc(Cl)cc2)c1CC(=O)O. The number of hydrogen-bond acceptors (Lipinski definition) is 6. The number of aromatic nitrogens is 2. The van der Waals surface area contributed by atoms with Crippen molar-refractivity contribution in [2.45, 2.75) is 52.7 Å². The van der Waals surface area contributed by atoms with Gasteiger partial charge in [0.15, 0.2) is 5.13 Å². The summed E-state index contributed by atoms with van der Waals surface area (Å²) in [7, 11) is 0. The maximum absolute atomic E-state index is 11.6. The van der Waals surface area contributed by atoms with E-state index in [9.17, 15) is 9.90 Å². The molecular formula is C28H30ClN3O3S. The van der Waals surface area contributed by atoms with Gasteiger partial charge in [-0.15, -0.1) is 0 Å². The van der Waals surface area contributed by atoms with Crippen molar-refractivity contribution in [3.8, 4) is 11.1 Å². The van der Waals surface area contributed by atoms with Crippen LogP contribution in [0.15, 0.2) is 48.7 Å². The van der Waals surface area contributed by atoms with Gasteiger partial charge in [0, 0.05) is 23.3 Å². The number of benzene rings is 2. The summed E-state index contributed by atoms with van der Waals surface area (Å²) in [4.78, 5) is 23.4. The Morgan fingerprint density at radius 1 is 1.19 bits per heavy atom. The summed E-state index contributed by atoms with van der Waals surface area (Å²) in [5.74, 6) is -0.846. The van der Waals surface area contributed by atoms with E-state index in [4.69, 9.17) is 21.7 Å². The van der Waals surface area contributed by atoms with Crippen molar-refractivity contribution in [3.05, 3.63) is 76.1 Å². The Morgan fingerprint density at radius 2 is 1.89 bits per heavy atom. The molecule has 8 heteroatoms. The van der Waals surface area contributed by atoms with Gasteiger partial charge >= 0.3 is 5.97 Å². The maximum atomic E-state index is 11.6. The van der Waals surface area contributed by atoms with E-state index in [2.05, 4.69) is 16.0 Å². The Labute approximate surface area is 220 Å². The molecule has 5 rings (SSSR count). The average Bonchev–Trinajstić information content (AvgIpc) is 3.22. The molecule has 2 aromatic heterocycles. The summed E-state index contributed by atoms with van der Waals surface area (Å²) in [6.45, 7) is 8.80. The van der Waals surface area contributed by atoms with Crippen LogP contribution < -0.4 is 4.90 Å². The number of carbonyl (C=O) groups is 1. The van der Waals surface area contributed by atoms with Crippen molar-refractivity contribution in [2.24, 2.45) is 0 Å². The van der Waals surface area contributed by atoms with Crippen molar-refractivity contribution in [2.75, 3.05) is 11.4 Å². The summed E-state index contributed by atoms with van der Waals surface area (Å²) in [6, 6.07) is 13.7. The van der Waals surface area contributed by atoms with Gasteiger partial charge in [-0.1, -0.05) is 41.1 Å². The molecule has 4 aromatic rings. The third-order valence-corrected chi connectivity index (χ3v) is 7.11. The molecule has 0 bridgehead atoms. The number of pyridine rings is 1. The van der Waals surface area contributed by atoms with Crippen LogP contribution in [0.1, 0.15) is 43.2 Å². The summed E-state index contributed by atoms with van der Waals surface area (Å²) < 4.78 is 1.01. The van der Waals surface area contributed by atoms with Crippen LogP contribution in [0, 0.1) is 6.92 Å². The lowest BCUT2D eigenvalue weighted by molar-refractivity contribution is -0.136. The van der Waals surface area contributed by atoms with Gasteiger partial charge in [0.05, 0.1) is 34.5 Å². The number of nitrogens with zero attached hydrogens (tertiary/aromatic N) is 3. The van der Waals surface area contributed by atoms with Gasteiger partial charge in [0.25, 0.3) is 0 Å². The van der Waals surface area contributed by atoms with Gasteiger partial charge in [-0.3, -0.25) is 9.78 Å². The van der Waals surface area contributed by atoms with Gasteiger partial charge in [-0.05, 0) is 80.6 Å². The van der Waals surface area contributed by atoms with Crippen LogP contribution in [0.25, 0.3) is 21.3 Å². The molecule has 6 nitrogen and oxygen atoms in total. The van der Waals surface area contributed by atoms with E-state index in [1.165, 1.54) is 5.56 Å². The minimum absolute atomic E-state index is 0.0338. The zero-order valence-corrected chi connectivity index (χ0v) is 22.5. The Bertz CT molecular complexity index is 1390. The molecule has 0 saturated carbocycles. The van der Waals surface area contributed by atoms with Crippen LogP contribution in [-0.4, -0.2) is 38.3 Å². The number of rotatable bonds is 4. The summed E-state index contributed by atoms with van der Waals surface area (Å²) in [5.41, 5.74) is 6.42. The summed E-state index contributed by atoms with van der Waals surface area (Å²) in [6.07, 6.45) is 2.74. The van der Waals surface area contributed by atoms with Crippen LogP contribution in [0.3, 0.4) is 0 Å². The zero-order valence-electron chi connectivity index (χ0n) is 20.9. The Kier molecular flexibility index (Phi) is 7.64. The molecule has 0 saturated heterocycles. The fourth-order valence-corrected chi connectivity index (χ4v) is 5.47. The number of aryl methyl sites for hydroxylation is 1. The number of thiazole rings is 1. The van der Waals surface area contributed by atoms with E-state index < -0.39 is 11.6 Å². The second-order valence-corrected chi connectivity index (χ2v) is 11.3. The molecule has 188 valence electrons. The predicted octanol–water partition coefficient (Wildman–Crippen LogP) is 6.29. The molecule has 0 aliphatic carbocycles. The molecule has 2 N–H and O–H groups in total. The highest BCUT2D eigenvalue weighted by Crippen LogP contribution is 2.41. The van der Waals surface area contributed by atoms with Crippen LogP contribution >= 0.6 is 22.9 Å². The van der Waals surface area contributed by atoms with Crippen LogP contribution in [0.2, 0.25) is 5.02 Å². The van der Waals surface area contributed by atoms with Gasteiger partial charge in [-0.2, -0.15) is 0 Å². The quantitative estimate of drug-likeness (QED) is 0.327. The first-order chi connectivity index (χ1) is 17.0. The van der Waals surface area contributed by atoms with E-state index in [0.717, 1.165) is 62.8 Å². The number of halogens is 1. The van der Waals surface area contributed by atoms with Crippen LogP contribution in [-0.2, 0) is 24.2 Å². The van der Waals surface area contributed by atoms with Crippen LogP contribution in [0.5, 0.6) is 0 Å². The molecule has 36 heavy (non-hydrogen) atoms. The Hall–Kier alpha value is -3.00. The maximum Gasteiger partial charge on any atom is 0.307 e. The first kappa shape index (κ1) is 26.1. The number of anilines is 1. The second kappa shape index (κ2) is 10.5. The van der Waals surface area contributed by atoms with E-state index in [1.54, 1.807) is 32.1 Å². The van der Waals surface area contributed by atoms with Crippen molar-refractivity contribution in [1.29, 1.82) is 0 Å². The van der Waals surface area contributed by atoms with Crippen molar-refractivity contribution in [1.82, 2.24) is 9.97 Å². The largest absolute Gasteiger partial charge is 0.481 e. The van der Waals surface area contributed by atoms with Crippen molar-refractivity contribution >= 4 is 44.3 Å². The summed E-state index contributed by atoms with van der Waals surface area (Å²) >= 11 is 7.72. The first-order valence-electron chi connectivity index (χ1n) is 11.8. The highest BCUT2D eigenvalue weighted by molar-refractivity contribution is 7.22. The fraction of sp³-hybridized carbons (Fsp3) is 0.321. The topological polar surface area (TPSA) is 86.6 Å². The molecule has 2 aromatic carbocycles. The molecular weight excluding hydrogens is 494 g/mol. The lowest BCUT2D eigenvalue weighted by Crippen LogP contribution is -2.30. The number of carboxylic acids is 1. The average molecular weight is 524 g/mol. The predicted molar refractivity (Wildman–Crippen MR) is 147 cm³/mol. The minimum atomic E-state index is -0.846. The highest BCUT2D eigenvalue weighted by atomic mass is 35.5. The Morgan fingerprint density at radius 3 is 2.56 bits per heavy atom. The zero-order chi connectivity index (χ0) is 26.0. The number of carboxylic acid groups (broad SMARTS) is 1. The van der Waals surface area contributed by atoms with E-state index >= 15 is 0 Å². The normalized spacial score (nSPS) is 13.2. The summed E-state index contributed by atoms with van der Waals surface area (Å²) in [5, 5.41) is 19.6. The number of aliphatic carboxylic acids is 1. The van der Waals surface area contributed by atoms with Gasteiger partial charge in [-0.25, -0.2) is 4.98 Å². The van der Waals surface area contributed by atoms with Gasteiger partial charge in [0.2, 0.25) is 0 Å². The lowest BCUT2D eigenvalue weighted by Gasteiger charge is -2.27.